The topological polar surface area (TPSA) is 66.4 Å². The minimum Gasteiger partial charge on any atom is -0.455 e. The second-order valence-electron chi connectivity index (χ2n) is 9.92. The lowest BCUT2D eigenvalue weighted by Crippen LogP contribution is -2.45. The van der Waals surface area contributed by atoms with E-state index in [0.717, 1.165) is 49.1 Å². The molecule has 0 bridgehead atoms. The number of nitriles is 1. The zero-order valence-corrected chi connectivity index (χ0v) is 21.5. The van der Waals surface area contributed by atoms with Crippen molar-refractivity contribution in [1.29, 1.82) is 5.26 Å². The van der Waals surface area contributed by atoms with Crippen molar-refractivity contribution in [1.82, 2.24) is 0 Å². The van der Waals surface area contributed by atoms with Gasteiger partial charge in [-0.2, -0.15) is 5.26 Å². The van der Waals surface area contributed by atoms with Crippen LogP contribution in [0.25, 0.3) is 44.2 Å². The van der Waals surface area contributed by atoms with Gasteiger partial charge in [-0.25, -0.2) is 0 Å². The Bertz CT molecular complexity index is 1580. The Hall–Kier alpha value is -3.56. The van der Waals surface area contributed by atoms with E-state index in [1.165, 1.54) is 12.0 Å². The molecule has 36 heavy (non-hydrogen) atoms. The lowest BCUT2D eigenvalue weighted by Gasteiger charge is -2.36. The third-order valence-corrected chi connectivity index (χ3v) is 7.92. The Morgan fingerprint density at radius 1 is 0.778 bits per heavy atom. The Kier molecular flexibility index (Phi) is 6.13. The molecule has 0 amide bonds. The second kappa shape index (κ2) is 9.15. The van der Waals surface area contributed by atoms with E-state index in [-0.39, 0.29) is 0 Å². The highest BCUT2D eigenvalue weighted by molar-refractivity contribution is 7.95. The van der Waals surface area contributed by atoms with Gasteiger partial charge >= 0.3 is 0 Å². The van der Waals surface area contributed by atoms with E-state index in [1.54, 1.807) is 13.8 Å². The number of aliphatic hydroxyl groups is 1. The standard InChI is InChI=1S/C31H27NO3S/c1-30(2,33)31(3,4)35-36-29-24(17-18-26-25-7-5-6-8-27(25)34-28(26)29)23-15-13-22(14-16-23)21-11-9-20(19-32)10-12-21/h5-18,33H,1-4H3. The van der Waals surface area contributed by atoms with Gasteiger partial charge in [0.2, 0.25) is 0 Å². The number of hydrogen-bond acceptors (Lipinski definition) is 5. The molecule has 1 heterocycles. The largest absolute Gasteiger partial charge is 0.455 e. The maximum absolute atomic E-state index is 10.6. The highest BCUT2D eigenvalue weighted by atomic mass is 32.2. The summed E-state index contributed by atoms with van der Waals surface area (Å²) in [6, 6.07) is 30.3. The molecule has 0 aliphatic rings. The van der Waals surface area contributed by atoms with Crippen molar-refractivity contribution in [2.45, 2.75) is 43.8 Å². The number of hydrogen-bond donors (Lipinski definition) is 1. The average molecular weight is 494 g/mol. The molecule has 0 radical (unpaired) electrons. The zero-order valence-electron chi connectivity index (χ0n) is 20.7. The summed E-state index contributed by atoms with van der Waals surface area (Å²) in [6.45, 7) is 7.26. The van der Waals surface area contributed by atoms with E-state index in [1.807, 2.05) is 56.3 Å². The summed E-state index contributed by atoms with van der Waals surface area (Å²) >= 11 is 1.24. The fourth-order valence-electron chi connectivity index (χ4n) is 3.90. The molecule has 5 aromatic rings. The van der Waals surface area contributed by atoms with Crippen LogP contribution >= 0.6 is 12.0 Å². The molecule has 1 aromatic heterocycles. The van der Waals surface area contributed by atoms with Crippen molar-refractivity contribution in [3.05, 3.63) is 90.5 Å². The van der Waals surface area contributed by atoms with Gasteiger partial charge in [-0.1, -0.05) is 60.7 Å². The molecule has 180 valence electrons. The summed E-state index contributed by atoms with van der Waals surface area (Å²) in [5.41, 5.74) is 4.54. The average Bonchev–Trinajstić information content (AvgIpc) is 3.26. The smallest absolute Gasteiger partial charge is 0.151 e. The highest BCUT2D eigenvalue weighted by Crippen LogP contribution is 2.44. The number of benzene rings is 4. The SMILES string of the molecule is CC(C)(O)C(C)(C)OSc1c(-c2ccc(-c3ccc(C#N)cc3)cc2)ccc2c1oc1ccccc12. The second-order valence-corrected chi connectivity index (χ2v) is 10.7. The third-order valence-electron chi connectivity index (χ3n) is 6.85. The Morgan fingerprint density at radius 2 is 1.39 bits per heavy atom. The monoisotopic (exact) mass is 493 g/mol. The number of fused-ring (bicyclic) bond motifs is 3. The summed E-state index contributed by atoms with van der Waals surface area (Å²) in [7, 11) is 0. The van der Waals surface area contributed by atoms with Crippen LogP contribution in [0.3, 0.4) is 0 Å². The number of rotatable bonds is 6. The van der Waals surface area contributed by atoms with Crippen LogP contribution in [0, 0.1) is 11.3 Å². The Balaban J connectivity index is 1.59. The van der Waals surface area contributed by atoms with Crippen molar-refractivity contribution in [2.75, 3.05) is 0 Å². The molecule has 0 unspecified atom stereocenters. The molecule has 0 spiro atoms. The molecule has 5 heteroatoms. The molecule has 0 aliphatic carbocycles. The van der Waals surface area contributed by atoms with Crippen LogP contribution in [0.1, 0.15) is 33.3 Å². The normalized spacial score (nSPS) is 12.2. The molecule has 0 aliphatic heterocycles. The molecule has 0 fully saturated rings. The van der Waals surface area contributed by atoms with Crippen molar-refractivity contribution in [3.8, 4) is 28.3 Å². The summed E-state index contributed by atoms with van der Waals surface area (Å²) < 4.78 is 12.6. The van der Waals surface area contributed by atoms with Crippen LogP contribution in [0.5, 0.6) is 0 Å². The summed E-state index contributed by atoms with van der Waals surface area (Å²) in [5.74, 6) is 0. The lowest BCUT2D eigenvalue weighted by atomic mass is 9.90. The molecule has 4 aromatic carbocycles. The minimum atomic E-state index is -1.04. The molecule has 1 N–H and O–H groups in total. The van der Waals surface area contributed by atoms with Gasteiger partial charge in [0.15, 0.2) is 5.58 Å². The fraction of sp³-hybridized carbons (Fsp3) is 0.194. The van der Waals surface area contributed by atoms with Crippen LogP contribution in [0.15, 0.2) is 94.2 Å². The summed E-state index contributed by atoms with van der Waals surface area (Å²) in [4.78, 5) is 0.868. The van der Waals surface area contributed by atoms with Crippen LogP contribution < -0.4 is 0 Å². The zero-order chi connectivity index (χ0) is 25.5. The number of furan rings is 1. The van der Waals surface area contributed by atoms with Gasteiger partial charge in [0, 0.05) is 28.4 Å². The molecule has 4 nitrogen and oxygen atoms in total. The fourth-order valence-corrected chi connectivity index (χ4v) is 4.90. The van der Waals surface area contributed by atoms with Gasteiger partial charge in [0.05, 0.1) is 22.1 Å². The molecule has 0 saturated heterocycles. The van der Waals surface area contributed by atoms with Gasteiger partial charge in [0.25, 0.3) is 0 Å². The quantitative estimate of drug-likeness (QED) is 0.241. The van der Waals surface area contributed by atoms with E-state index in [4.69, 9.17) is 13.9 Å². The van der Waals surface area contributed by atoms with E-state index < -0.39 is 11.2 Å². The van der Waals surface area contributed by atoms with Gasteiger partial charge in [-0.3, -0.25) is 0 Å². The van der Waals surface area contributed by atoms with E-state index >= 15 is 0 Å². The first-order chi connectivity index (χ1) is 17.2. The summed E-state index contributed by atoms with van der Waals surface area (Å²) in [5, 5.41) is 21.8. The first kappa shape index (κ1) is 24.1. The maximum atomic E-state index is 10.6. The van der Waals surface area contributed by atoms with Gasteiger partial charge in [0.1, 0.15) is 11.2 Å². The van der Waals surface area contributed by atoms with Crippen molar-refractivity contribution >= 4 is 34.0 Å². The Morgan fingerprint density at radius 3 is 2.03 bits per heavy atom. The van der Waals surface area contributed by atoms with Crippen molar-refractivity contribution in [2.24, 2.45) is 0 Å². The molecule has 5 rings (SSSR count). The van der Waals surface area contributed by atoms with Gasteiger partial charge in [-0.15, -0.1) is 0 Å². The molecule has 0 saturated carbocycles. The van der Waals surface area contributed by atoms with Crippen molar-refractivity contribution < 1.29 is 13.7 Å². The third kappa shape index (κ3) is 4.40. The predicted molar refractivity (Wildman–Crippen MR) is 147 cm³/mol. The van der Waals surface area contributed by atoms with Crippen molar-refractivity contribution in [3.63, 3.8) is 0 Å². The first-order valence-electron chi connectivity index (χ1n) is 11.8. The maximum Gasteiger partial charge on any atom is 0.151 e. The molecular formula is C31H27NO3S. The van der Waals surface area contributed by atoms with E-state index in [9.17, 15) is 5.11 Å². The van der Waals surface area contributed by atoms with Gasteiger partial charge in [-0.05, 0) is 68.7 Å². The van der Waals surface area contributed by atoms with E-state index in [2.05, 4.69) is 48.5 Å². The number of nitrogens with zero attached hydrogens (tertiary/aromatic N) is 1. The highest BCUT2D eigenvalue weighted by Gasteiger charge is 2.37. The molecular weight excluding hydrogens is 466 g/mol. The minimum absolute atomic E-state index is 0.644. The lowest BCUT2D eigenvalue weighted by molar-refractivity contribution is -0.0813. The number of para-hydroxylation sites is 1. The van der Waals surface area contributed by atoms with Crippen LogP contribution in [0.2, 0.25) is 0 Å². The van der Waals surface area contributed by atoms with Crippen LogP contribution in [-0.2, 0) is 4.18 Å². The van der Waals surface area contributed by atoms with Crippen LogP contribution in [-0.4, -0.2) is 16.3 Å². The predicted octanol–water partition coefficient (Wildman–Crippen LogP) is 8.36. The van der Waals surface area contributed by atoms with Gasteiger partial charge < -0.3 is 13.7 Å². The summed E-state index contributed by atoms with van der Waals surface area (Å²) in [6.07, 6.45) is 0. The first-order valence-corrected chi connectivity index (χ1v) is 12.6. The van der Waals surface area contributed by atoms with E-state index in [0.29, 0.717) is 5.56 Å². The van der Waals surface area contributed by atoms with Crippen LogP contribution in [0.4, 0.5) is 0 Å². The molecule has 0 atom stereocenters. The Labute approximate surface area is 215 Å².